The number of H-pyrrole nitrogens is 2. The second kappa shape index (κ2) is 6.46. The van der Waals surface area contributed by atoms with Gasteiger partial charge in [0.2, 0.25) is 0 Å². The van der Waals surface area contributed by atoms with Gasteiger partial charge >= 0.3 is 0 Å². The summed E-state index contributed by atoms with van der Waals surface area (Å²) in [6.45, 7) is 1.74. The Balaban J connectivity index is 1.37. The van der Waals surface area contributed by atoms with Gasteiger partial charge in [-0.25, -0.2) is 19.3 Å². The molecule has 0 atom stereocenters. The van der Waals surface area contributed by atoms with Gasteiger partial charge in [0.15, 0.2) is 11.5 Å². The molecular formula is C19H18FN7. The van der Waals surface area contributed by atoms with Gasteiger partial charge in [0, 0.05) is 30.3 Å². The molecule has 0 aliphatic carbocycles. The van der Waals surface area contributed by atoms with Gasteiger partial charge in [-0.2, -0.15) is 5.10 Å². The molecule has 1 aliphatic heterocycles. The number of hydrogen-bond acceptors (Lipinski definition) is 5. The third kappa shape index (κ3) is 2.83. The highest BCUT2D eigenvalue weighted by atomic mass is 19.1. The van der Waals surface area contributed by atoms with E-state index in [1.54, 1.807) is 31.0 Å². The Bertz CT molecular complexity index is 1080. The van der Waals surface area contributed by atoms with Crippen LogP contribution in [0.3, 0.4) is 0 Å². The Hall–Kier alpha value is -3.29. The van der Waals surface area contributed by atoms with Crippen LogP contribution in [0.25, 0.3) is 22.3 Å². The molecule has 4 heterocycles. The second-order valence-electron chi connectivity index (χ2n) is 6.77. The summed E-state index contributed by atoms with van der Waals surface area (Å²) in [5.74, 6) is 1.01. The van der Waals surface area contributed by atoms with Crippen molar-refractivity contribution in [2.75, 3.05) is 18.0 Å². The molecule has 1 fully saturated rings. The monoisotopic (exact) mass is 363 g/mol. The maximum atomic E-state index is 13.6. The van der Waals surface area contributed by atoms with Crippen LogP contribution < -0.4 is 4.90 Å². The first-order valence-corrected chi connectivity index (χ1v) is 8.98. The minimum atomic E-state index is -0.234. The quantitative estimate of drug-likeness (QED) is 0.583. The van der Waals surface area contributed by atoms with Crippen LogP contribution in [0.1, 0.15) is 24.5 Å². The van der Waals surface area contributed by atoms with E-state index >= 15 is 0 Å². The maximum Gasteiger partial charge on any atom is 0.182 e. The minimum absolute atomic E-state index is 0.234. The smallest absolute Gasteiger partial charge is 0.182 e. The van der Waals surface area contributed by atoms with Crippen molar-refractivity contribution in [3.8, 4) is 11.1 Å². The zero-order chi connectivity index (χ0) is 18.2. The highest BCUT2D eigenvalue weighted by Crippen LogP contribution is 2.35. The van der Waals surface area contributed by atoms with Crippen molar-refractivity contribution >= 4 is 17.0 Å². The predicted molar refractivity (Wildman–Crippen MR) is 99.9 cm³/mol. The lowest BCUT2D eigenvalue weighted by molar-refractivity contribution is 0.494. The fourth-order valence-electron chi connectivity index (χ4n) is 3.87. The van der Waals surface area contributed by atoms with Crippen molar-refractivity contribution in [1.82, 2.24) is 30.1 Å². The molecule has 0 radical (unpaired) electrons. The van der Waals surface area contributed by atoms with Crippen LogP contribution in [0.2, 0.25) is 0 Å². The number of imidazole rings is 1. The van der Waals surface area contributed by atoms with E-state index in [0.717, 1.165) is 54.1 Å². The SMILES string of the molecule is Fc1cccc(-c2cn[nH]c2C2CCN(c3ncnc4nc[nH]c34)CC2)c1. The number of rotatable bonds is 3. The molecule has 1 saturated heterocycles. The number of benzene rings is 1. The number of aromatic amines is 2. The van der Waals surface area contributed by atoms with Gasteiger partial charge in [-0.1, -0.05) is 12.1 Å². The summed E-state index contributed by atoms with van der Waals surface area (Å²) < 4.78 is 13.6. The minimum Gasteiger partial charge on any atom is -0.355 e. The topological polar surface area (TPSA) is 86.4 Å². The summed E-state index contributed by atoms with van der Waals surface area (Å²) in [5, 5.41) is 7.36. The van der Waals surface area contributed by atoms with Gasteiger partial charge in [0.1, 0.15) is 17.7 Å². The number of nitrogens with one attached hydrogen (secondary N) is 2. The van der Waals surface area contributed by atoms with E-state index in [2.05, 4.69) is 35.0 Å². The fraction of sp³-hybridized carbons (Fsp3) is 0.263. The number of aromatic nitrogens is 6. The molecule has 0 amide bonds. The number of anilines is 1. The molecular weight excluding hydrogens is 345 g/mol. The number of hydrogen-bond donors (Lipinski definition) is 2. The zero-order valence-corrected chi connectivity index (χ0v) is 14.6. The van der Waals surface area contributed by atoms with Crippen molar-refractivity contribution in [2.24, 2.45) is 0 Å². The fourth-order valence-corrected chi connectivity index (χ4v) is 3.87. The molecule has 27 heavy (non-hydrogen) atoms. The van der Waals surface area contributed by atoms with Gasteiger partial charge in [0.25, 0.3) is 0 Å². The Morgan fingerprint density at radius 2 is 2.00 bits per heavy atom. The number of fused-ring (bicyclic) bond motifs is 1. The van der Waals surface area contributed by atoms with Gasteiger partial charge < -0.3 is 9.88 Å². The molecule has 8 heteroatoms. The molecule has 0 saturated carbocycles. The molecule has 5 rings (SSSR count). The summed E-state index contributed by atoms with van der Waals surface area (Å²) in [7, 11) is 0. The summed E-state index contributed by atoms with van der Waals surface area (Å²) in [5.41, 5.74) is 4.47. The Kier molecular flexibility index (Phi) is 3.81. The van der Waals surface area contributed by atoms with E-state index in [1.807, 2.05) is 6.07 Å². The van der Waals surface area contributed by atoms with E-state index < -0.39 is 0 Å². The Morgan fingerprint density at radius 1 is 1.11 bits per heavy atom. The van der Waals surface area contributed by atoms with E-state index in [0.29, 0.717) is 11.6 Å². The highest BCUT2D eigenvalue weighted by Gasteiger charge is 2.26. The summed E-state index contributed by atoms with van der Waals surface area (Å²) >= 11 is 0. The van der Waals surface area contributed by atoms with Gasteiger partial charge in [-0.05, 0) is 30.5 Å². The lowest BCUT2D eigenvalue weighted by Gasteiger charge is -2.32. The van der Waals surface area contributed by atoms with Crippen molar-refractivity contribution in [3.05, 3.63) is 54.6 Å². The number of halogens is 1. The van der Waals surface area contributed by atoms with Crippen molar-refractivity contribution in [1.29, 1.82) is 0 Å². The molecule has 4 aromatic rings. The third-order valence-electron chi connectivity index (χ3n) is 5.21. The van der Waals surface area contributed by atoms with Gasteiger partial charge in [-0.3, -0.25) is 5.10 Å². The lowest BCUT2D eigenvalue weighted by Crippen LogP contribution is -2.34. The van der Waals surface area contributed by atoms with Crippen LogP contribution in [0.15, 0.2) is 43.1 Å². The second-order valence-corrected chi connectivity index (χ2v) is 6.77. The average molecular weight is 363 g/mol. The Morgan fingerprint density at radius 3 is 2.85 bits per heavy atom. The first kappa shape index (κ1) is 15.9. The van der Waals surface area contributed by atoms with Crippen LogP contribution in [0, 0.1) is 5.82 Å². The summed E-state index contributed by atoms with van der Waals surface area (Å²) in [6.07, 6.45) is 6.91. The molecule has 2 N–H and O–H groups in total. The van der Waals surface area contributed by atoms with Crippen molar-refractivity contribution < 1.29 is 4.39 Å². The first-order chi connectivity index (χ1) is 13.3. The van der Waals surface area contributed by atoms with Crippen LogP contribution in [-0.2, 0) is 0 Å². The molecule has 7 nitrogen and oxygen atoms in total. The molecule has 0 spiro atoms. The van der Waals surface area contributed by atoms with E-state index in [1.165, 1.54) is 6.07 Å². The molecule has 136 valence electrons. The zero-order valence-electron chi connectivity index (χ0n) is 14.6. The van der Waals surface area contributed by atoms with Crippen LogP contribution in [0.5, 0.6) is 0 Å². The largest absolute Gasteiger partial charge is 0.355 e. The predicted octanol–water partition coefficient (Wildman–Crippen LogP) is 3.27. The van der Waals surface area contributed by atoms with Crippen molar-refractivity contribution in [2.45, 2.75) is 18.8 Å². The van der Waals surface area contributed by atoms with E-state index in [-0.39, 0.29) is 5.82 Å². The van der Waals surface area contributed by atoms with Crippen molar-refractivity contribution in [3.63, 3.8) is 0 Å². The molecule has 3 aromatic heterocycles. The van der Waals surface area contributed by atoms with E-state index in [4.69, 9.17) is 0 Å². The van der Waals surface area contributed by atoms with Crippen LogP contribution in [-0.4, -0.2) is 43.2 Å². The number of nitrogens with zero attached hydrogens (tertiary/aromatic N) is 5. The summed E-state index contributed by atoms with van der Waals surface area (Å²) in [4.78, 5) is 18.2. The van der Waals surface area contributed by atoms with Gasteiger partial charge in [0.05, 0.1) is 12.5 Å². The standard InChI is InChI=1S/C19H18FN7/c20-14-3-1-2-13(8-14)15-9-25-26-16(15)12-4-6-27(7-5-12)19-17-18(22-10-21-17)23-11-24-19/h1-3,8-12H,4-7H2,(H,25,26)(H,21,22,23,24). The highest BCUT2D eigenvalue weighted by molar-refractivity contribution is 5.82. The molecule has 1 aromatic carbocycles. The maximum absolute atomic E-state index is 13.6. The molecule has 0 bridgehead atoms. The molecule has 0 unspecified atom stereocenters. The number of piperidine rings is 1. The third-order valence-corrected chi connectivity index (χ3v) is 5.21. The summed E-state index contributed by atoms with van der Waals surface area (Å²) in [6, 6.07) is 6.66. The Labute approximate surface area is 154 Å². The van der Waals surface area contributed by atoms with Gasteiger partial charge in [-0.15, -0.1) is 0 Å². The normalized spacial score (nSPS) is 15.5. The lowest BCUT2D eigenvalue weighted by atomic mass is 9.89. The van der Waals surface area contributed by atoms with Crippen LogP contribution in [0.4, 0.5) is 10.2 Å². The van der Waals surface area contributed by atoms with Crippen LogP contribution >= 0.6 is 0 Å². The first-order valence-electron chi connectivity index (χ1n) is 8.98. The molecule has 1 aliphatic rings. The average Bonchev–Trinajstić information content (AvgIpc) is 3.37. The van der Waals surface area contributed by atoms with E-state index in [9.17, 15) is 4.39 Å².